The molecule has 3 nitrogen and oxygen atoms in total. The van der Waals surface area contributed by atoms with Crippen LogP contribution < -0.4 is 0 Å². The predicted molar refractivity (Wildman–Crippen MR) is 135 cm³/mol. The van der Waals surface area contributed by atoms with Crippen molar-refractivity contribution in [1.82, 2.24) is 4.90 Å². The van der Waals surface area contributed by atoms with Crippen LogP contribution in [0.4, 0.5) is 4.79 Å². The summed E-state index contributed by atoms with van der Waals surface area (Å²) >= 11 is 3.60. The van der Waals surface area contributed by atoms with Crippen LogP contribution in [0.3, 0.4) is 0 Å². The van der Waals surface area contributed by atoms with Crippen LogP contribution in [-0.2, 0) is 4.74 Å². The molecular weight excluding hydrogens is 462 g/mol. The maximum atomic E-state index is 13.5. The molecule has 0 spiro atoms. The van der Waals surface area contributed by atoms with Crippen LogP contribution in [0.15, 0.2) is 71.2 Å². The molecule has 0 heterocycles. The molecule has 1 saturated carbocycles. The molecule has 1 amide bonds. The fourth-order valence-electron chi connectivity index (χ4n) is 4.98. The minimum atomic E-state index is -0.532. The van der Waals surface area contributed by atoms with E-state index in [1.807, 2.05) is 25.7 Å². The summed E-state index contributed by atoms with van der Waals surface area (Å²) in [5.74, 6) is 0.446. The molecule has 3 aromatic rings. The van der Waals surface area contributed by atoms with Gasteiger partial charge in [0.1, 0.15) is 5.60 Å². The van der Waals surface area contributed by atoms with Crippen molar-refractivity contribution in [2.45, 2.75) is 70.6 Å². The molecule has 1 aliphatic carbocycles. The Balaban J connectivity index is 1.67. The maximum Gasteiger partial charge on any atom is 0.411 e. The van der Waals surface area contributed by atoms with E-state index in [-0.39, 0.29) is 18.2 Å². The quantitative estimate of drug-likeness (QED) is 0.366. The molecule has 0 radical (unpaired) electrons. The lowest BCUT2D eigenvalue weighted by molar-refractivity contribution is 0.00694. The first-order valence-electron chi connectivity index (χ1n) is 11.5. The SMILES string of the molecule is C[C@H](c1cccc2ccccc12)N(C(=O)OC(C)(C)C)C1CC[C@@H](c2cccc(Br)c2)C1. The highest BCUT2D eigenvalue weighted by molar-refractivity contribution is 9.10. The van der Waals surface area contributed by atoms with Crippen LogP contribution in [0.2, 0.25) is 0 Å². The molecule has 0 bridgehead atoms. The lowest BCUT2D eigenvalue weighted by Gasteiger charge is -2.37. The Kier molecular flexibility index (Phi) is 6.62. The van der Waals surface area contributed by atoms with Gasteiger partial charge in [0.2, 0.25) is 0 Å². The van der Waals surface area contributed by atoms with Gasteiger partial charge in [-0.25, -0.2) is 4.79 Å². The van der Waals surface area contributed by atoms with E-state index in [0.29, 0.717) is 5.92 Å². The Hall–Kier alpha value is -2.33. The summed E-state index contributed by atoms with van der Waals surface area (Å²) in [6.45, 7) is 7.94. The number of rotatable bonds is 4. The molecule has 3 aromatic carbocycles. The summed E-state index contributed by atoms with van der Waals surface area (Å²) in [5, 5.41) is 2.39. The number of amides is 1. The predicted octanol–water partition coefficient (Wildman–Crippen LogP) is 8.24. The molecule has 0 N–H and O–H groups in total. The maximum absolute atomic E-state index is 13.5. The number of halogens is 1. The van der Waals surface area contributed by atoms with Gasteiger partial charge >= 0.3 is 6.09 Å². The van der Waals surface area contributed by atoms with Crippen LogP contribution in [0, 0.1) is 0 Å². The van der Waals surface area contributed by atoms with Crippen LogP contribution in [-0.4, -0.2) is 22.6 Å². The highest BCUT2D eigenvalue weighted by Crippen LogP contribution is 2.41. The molecule has 1 unspecified atom stereocenters. The van der Waals surface area contributed by atoms with E-state index in [1.165, 1.54) is 21.9 Å². The lowest BCUT2D eigenvalue weighted by atomic mass is 9.96. The molecule has 0 aromatic heterocycles. The number of benzene rings is 3. The standard InChI is InChI=1S/C28H32BrNO2/c1-19(25-14-8-10-20-9-5-6-13-26(20)25)30(27(31)32-28(2,3)4)24-16-15-22(18-24)21-11-7-12-23(29)17-21/h5-14,17,19,22,24H,15-16,18H2,1-4H3/t19-,22-,24?/m1/s1. The van der Waals surface area contributed by atoms with Crippen LogP contribution in [0.1, 0.15) is 70.0 Å². The summed E-state index contributed by atoms with van der Waals surface area (Å²) in [6, 6.07) is 23.4. The number of carbonyl (C=O) groups excluding carboxylic acids is 1. The van der Waals surface area contributed by atoms with Crippen molar-refractivity contribution in [3.05, 3.63) is 82.3 Å². The van der Waals surface area contributed by atoms with E-state index in [1.54, 1.807) is 0 Å². The van der Waals surface area contributed by atoms with Gasteiger partial charge in [0.15, 0.2) is 0 Å². The highest BCUT2D eigenvalue weighted by atomic mass is 79.9. The van der Waals surface area contributed by atoms with Gasteiger partial charge in [0.25, 0.3) is 0 Å². The third kappa shape index (κ3) is 5.01. The minimum absolute atomic E-state index is 0.0813. The summed E-state index contributed by atoms with van der Waals surface area (Å²) < 4.78 is 7.01. The second kappa shape index (κ2) is 9.27. The summed E-state index contributed by atoms with van der Waals surface area (Å²) in [4.78, 5) is 15.5. The number of hydrogen-bond acceptors (Lipinski definition) is 2. The summed E-state index contributed by atoms with van der Waals surface area (Å²) in [5.41, 5.74) is 1.97. The van der Waals surface area contributed by atoms with E-state index in [2.05, 4.69) is 89.6 Å². The van der Waals surface area contributed by atoms with Crippen molar-refractivity contribution in [2.24, 2.45) is 0 Å². The Bertz CT molecular complexity index is 1100. The van der Waals surface area contributed by atoms with Crippen LogP contribution >= 0.6 is 15.9 Å². The molecule has 32 heavy (non-hydrogen) atoms. The van der Waals surface area contributed by atoms with Crippen molar-refractivity contribution in [3.63, 3.8) is 0 Å². The second-order valence-corrected chi connectivity index (χ2v) is 10.8. The van der Waals surface area contributed by atoms with E-state index >= 15 is 0 Å². The van der Waals surface area contributed by atoms with Crippen molar-refractivity contribution in [2.75, 3.05) is 0 Å². The largest absolute Gasteiger partial charge is 0.444 e. The topological polar surface area (TPSA) is 29.5 Å². The summed E-state index contributed by atoms with van der Waals surface area (Å²) in [7, 11) is 0. The zero-order valence-electron chi connectivity index (χ0n) is 19.3. The molecule has 4 heteroatoms. The van der Waals surface area contributed by atoms with Gasteiger partial charge < -0.3 is 4.74 Å². The van der Waals surface area contributed by atoms with Gasteiger partial charge in [-0.1, -0.05) is 70.5 Å². The number of hydrogen-bond donors (Lipinski definition) is 0. The zero-order valence-corrected chi connectivity index (χ0v) is 20.9. The van der Waals surface area contributed by atoms with Crippen molar-refractivity contribution in [3.8, 4) is 0 Å². The van der Waals surface area contributed by atoms with Crippen LogP contribution in [0.5, 0.6) is 0 Å². The molecule has 0 aliphatic heterocycles. The fourth-order valence-corrected chi connectivity index (χ4v) is 5.39. The van der Waals surface area contributed by atoms with Gasteiger partial charge in [0.05, 0.1) is 6.04 Å². The average Bonchev–Trinajstić information content (AvgIpc) is 3.22. The number of nitrogens with zero attached hydrogens (tertiary/aromatic N) is 1. The van der Waals surface area contributed by atoms with Gasteiger partial charge in [-0.15, -0.1) is 0 Å². The summed E-state index contributed by atoms with van der Waals surface area (Å²) in [6.07, 6.45) is 2.77. The van der Waals surface area contributed by atoms with Crippen molar-refractivity contribution in [1.29, 1.82) is 0 Å². The monoisotopic (exact) mass is 493 g/mol. The number of carbonyl (C=O) groups is 1. The second-order valence-electron chi connectivity index (χ2n) is 9.85. The molecule has 3 atom stereocenters. The smallest absolute Gasteiger partial charge is 0.411 e. The number of fused-ring (bicyclic) bond motifs is 1. The third-order valence-corrected chi connectivity index (χ3v) is 6.91. The van der Waals surface area contributed by atoms with E-state index in [4.69, 9.17) is 4.74 Å². The van der Waals surface area contributed by atoms with Gasteiger partial charge in [0, 0.05) is 10.5 Å². The first-order chi connectivity index (χ1) is 15.2. The zero-order chi connectivity index (χ0) is 22.9. The van der Waals surface area contributed by atoms with E-state index in [0.717, 1.165) is 23.7 Å². The highest BCUT2D eigenvalue weighted by Gasteiger charge is 2.38. The Morgan fingerprint density at radius 3 is 2.50 bits per heavy atom. The van der Waals surface area contributed by atoms with E-state index < -0.39 is 5.60 Å². The average molecular weight is 494 g/mol. The molecule has 168 valence electrons. The molecule has 1 aliphatic rings. The molecular formula is C28H32BrNO2. The van der Waals surface area contributed by atoms with Gasteiger partial charge in [-0.2, -0.15) is 0 Å². The minimum Gasteiger partial charge on any atom is -0.444 e. The van der Waals surface area contributed by atoms with Gasteiger partial charge in [-0.05, 0) is 86.9 Å². The van der Waals surface area contributed by atoms with Crippen LogP contribution in [0.25, 0.3) is 10.8 Å². The lowest BCUT2D eigenvalue weighted by Crippen LogP contribution is -2.44. The first kappa shape index (κ1) is 22.8. The molecule has 0 saturated heterocycles. The van der Waals surface area contributed by atoms with E-state index in [9.17, 15) is 4.79 Å². The third-order valence-electron chi connectivity index (χ3n) is 6.41. The fraction of sp³-hybridized carbons (Fsp3) is 0.393. The van der Waals surface area contributed by atoms with Crippen molar-refractivity contribution >= 4 is 32.8 Å². The normalized spacial score (nSPS) is 19.7. The Morgan fingerprint density at radius 1 is 1.03 bits per heavy atom. The van der Waals surface area contributed by atoms with Gasteiger partial charge in [-0.3, -0.25) is 4.90 Å². The number of ether oxygens (including phenoxy) is 1. The van der Waals surface area contributed by atoms with Crippen molar-refractivity contribution < 1.29 is 9.53 Å². The first-order valence-corrected chi connectivity index (χ1v) is 12.3. The Labute approximate surface area is 199 Å². The molecule has 1 fully saturated rings. The Morgan fingerprint density at radius 2 is 1.75 bits per heavy atom. The molecule has 4 rings (SSSR count).